The normalized spacial score (nSPS) is 15.3. The number of carbonyl (C=O) groups is 1. The van der Waals surface area contributed by atoms with Crippen LogP contribution in [0.5, 0.6) is 0 Å². The van der Waals surface area contributed by atoms with Gasteiger partial charge < -0.3 is 10.2 Å². The molecule has 0 unspecified atom stereocenters. The third kappa shape index (κ3) is 4.07. The lowest BCUT2D eigenvalue weighted by atomic mass is 9.99. The Kier molecular flexibility index (Phi) is 5.03. The number of aromatic nitrogens is 3. The van der Waals surface area contributed by atoms with Gasteiger partial charge in [-0.2, -0.15) is 0 Å². The van der Waals surface area contributed by atoms with Gasteiger partial charge in [0.2, 0.25) is 5.95 Å². The zero-order chi connectivity index (χ0) is 16.9. The van der Waals surface area contributed by atoms with Gasteiger partial charge in [0.1, 0.15) is 5.69 Å². The summed E-state index contributed by atoms with van der Waals surface area (Å²) in [5, 5.41) is 3.17. The van der Waals surface area contributed by atoms with Crippen LogP contribution in [0.15, 0.2) is 30.6 Å². The van der Waals surface area contributed by atoms with E-state index >= 15 is 0 Å². The average molecular weight is 325 g/mol. The number of nitrogens with one attached hydrogen (secondary N) is 1. The van der Waals surface area contributed by atoms with Crippen molar-refractivity contribution in [2.75, 3.05) is 18.4 Å². The van der Waals surface area contributed by atoms with E-state index in [0.29, 0.717) is 24.1 Å². The molecule has 0 bridgehead atoms. The molecule has 1 N–H and O–H groups in total. The summed E-state index contributed by atoms with van der Waals surface area (Å²) in [5.41, 5.74) is 2.29. The molecule has 2 aromatic heterocycles. The van der Waals surface area contributed by atoms with Crippen molar-refractivity contribution in [3.05, 3.63) is 47.5 Å². The van der Waals surface area contributed by atoms with E-state index in [1.807, 2.05) is 24.0 Å². The number of pyridine rings is 1. The first kappa shape index (κ1) is 16.4. The number of hydrogen-bond donors (Lipinski definition) is 1. The summed E-state index contributed by atoms with van der Waals surface area (Å²) < 4.78 is 0. The van der Waals surface area contributed by atoms with Crippen molar-refractivity contribution in [3.63, 3.8) is 0 Å². The molecule has 0 aromatic carbocycles. The Labute approximate surface area is 142 Å². The van der Waals surface area contributed by atoms with Crippen molar-refractivity contribution in [1.82, 2.24) is 19.9 Å². The minimum absolute atomic E-state index is 0.00294. The second kappa shape index (κ2) is 7.38. The summed E-state index contributed by atoms with van der Waals surface area (Å²) in [5.74, 6) is 1.17. The van der Waals surface area contributed by atoms with E-state index < -0.39 is 0 Å². The molecule has 0 spiro atoms. The fourth-order valence-corrected chi connectivity index (χ4v) is 2.81. The maximum Gasteiger partial charge on any atom is 0.272 e. The Balaban J connectivity index is 1.70. The van der Waals surface area contributed by atoms with Crippen molar-refractivity contribution >= 4 is 11.9 Å². The lowest BCUT2D eigenvalue weighted by Gasteiger charge is -2.30. The molecule has 0 radical (unpaired) electrons. The molecule has 1 aliphatic heterocycles. The highest BCUT2D eigenvalue weighted by Crippen LogP contribution is 2.18. The number of anilines is 1. The fourth-order valence-electron chi connectivity index (χ4n) is 2.81. The highest BCUT2D eigenvalue weighted by atomic mass is 16.2. The molecule has 6 nitrogen and oxygen atoms in total. The quantitative estimate of drug-likeness (QED) is 0.936. The number of carbonyl (C=O) groups excluding carboxylic acids is 1. The molecule has 6 heteroatoms. The molecule has 0 atom stereocenters. The molecule has 0 aliphatic carbocycles. The third-order valence-electron chi connectivity index (χ3n) is 4.32. The van der Waals surface area contributed by atoms with Gasteiger partial charge in [-0.3, -0.25) is 9.78 Å². The number of nitrogens with zero attached hydrogens (tertiary/aromatic N) is 4. The number of amides is 1. The van der Waals surface area contributed by atoms with Gasteiger partial charge >= 0.3 is 0 Å². The van der Waals surface area contributed by atoms with E-state index in [4.69, 9.17) is 0 Å². The second-order valence-electron chi connectivity index (χ2n) is 6.41. The first-order valence-electron chi connectivity index (χ1n) is 8.39. The molecule has 2 aromatic rings. The average Bonchev–Trinajstić information content (AvgIpc) is 2.60. The largest absolute Gasteiger partial charge is 0.350 e. The molecular formula is C18H23N5O. The first-order valence-corrected chi connectivity index (χ1v) is 8.39. The van der Waals surface area contributed by atoms with Gasteiger partial charge in [0.15, 0.2) is 0 Å². The molecule has 24 heavy (non-hydrogen) atoms. The Bertz CT molecular complexity index is 696. The van der Waals surface area contributed by atoms with Crippen molar-refractivity contribution in [2.24, 2.45) is 5.92 Å². The molecular weight excluding hydrogens is 302 g/mol. The number of aryl methyl sites for hydroxylation is 1. The Morgan fingerprint density at radius 3 is 2.83 bits per heavy atom. The number of rotatable bonds is 4. The van der Waals surface area contributed by atoms with Crippen LogP contribution in [0.25, 0.3) is 0 Å². The van der Waals surface area contributed by atoms with Crippen molar-refractivity contribution in [1.29, 1.82) is 0 Å². The molecule has 0 saturated carbocycles. The van der Waals surface area contributed by atoms with E-state index in [0.717, 1.165) is 37.2 Å². The van der Waals surface area contributed by atoms with E-state index in [1.54, 1.807) is 18.5 Å². The highest BCUT2D eigenvalue weighted by molar-refractivity contribution is 5.92. The van der Waals surface area contributed by atoms with Gasteiger partial charge in [-0.05, 0) is 43.4 Å². The fraction of sp³-hybridized carbons (Fsp3) is 0.444. The first-order chi connectivity index (χ1) is 11.6. The van der Waals surface area contributed by atoms with Gasteiger partial charge in [-0.25, -0.2) is 9.97 Å². The summed E-state index contributed by atoms with van der Waals surface area (Å²) in [6.45, 7) is 6.30. The van der Waals surface area contributed by atoms with Crippen LogP contribution < -0.4 is 5.32 Å². The standard InChI is InChI=1S/C18H23N5O/c1-13-5-8-23(9-6-13)17(24)16-10-14(2)21-18(22-16)20-12-15-4-3-7-19-11-15/h3-4,7,10-11,13H,5-6,8-9,12H2,1-2H3,(H,20,21,22). The van der Waals surface area contributed by atoms with Crippen LogP contribution >= 0.6 is 0 Å². The van der Waals surface area contributed by atoms with Gasteiger partial charge in [-0.1, -0.05) is 13.0 Å². The Hall–Kier alpha value is -2.50. The van der Waals surface area contributed by atoms with Crippen LogP contribution in [0.3, 0.4) is 0 Å². The Morgan fingerprint density at radius 1 is 1.33 bits per heavy atom. The van der Waals surface area contributed by atoms with Crippen molar-refractivity contribution < 1.29 is 4.79 Å². The lowest BCUT2D eigenvalue weighted by Crippen LogP contribution is -2.38. The number of hydrogen-bond acceptors (Lipinski definition) is 5. The summed E-state index contributed by atoms with van der Waals surface area (Å²) in [7, 11) is 0. The van der Waals surface area contributed by atoms with Gasteiger partial charge in [0, 0.05) is 37.7 Å². The van der Waals surface area contributed by atoms with E-state index in [1.165, 1.54) is 0 Å². The van der Waals surface area contributed by atoms with Gasteiger partial charge in [0.05, 0.1) is 0 Å². The molecule has 3 heterocycles. The number of likely N-dealkylation sites (tertiary alicyclic amines) is 1. The predicted molar refractivity (Wildman–Crippen MR) is 92.6 cm³/mol. The lowest BCUT2D eigenvalue weighted by molar-refractivity contribution is 0.0691. The summed E-state index contributed by atoms with van der Waals surface area (Å²) >= 11 is 0. The van der Waals surface area contributed by atoms with Crippen LogP contribution in [0.1, 0.15) is 41.5 Å². The minimum atomic E-state index is -0.00294. The molecule has 1 fully saturated rings. The molecule has 1 amide bonds. The van der Waals surface area contributed by atoms with E-state index in [2.05, 4.69) is 27.2 Å². The van der Waals surface area contributed by atoms with Crippen molar-refractivity contribution in [3.8, 4) is 0 Å². The number of piperidine rings is 1. The minimum Gasteiger partial charge on any atom is -0.350 e. The van der Waals surface area contributed by atoms with Gasteiger partial charge in [-0.15, -0.1) is 0 Å². The summed E-state index contributed by atoms with van der Waals surface area (Å²) in [6.07, 6.45) is 5.65. The topological polar surface area (TPSA) is 71.0 Å². The Morgan fingerprint density at radius 2 is 2.12 bits per heavy atom. The van der Waals surface area contributed by atoms with Crippen LogP contribution in [-0.2, 0) is 6.54 Å². The second-order valence-corrected chi connectivity index (χ2v) is 6.41. The third-order valence-corrected chi connectivity index (χ3v) is 4.32. The van der Waals surface area contributed by atoms with E-state index in [-0.39, 0.29) is 5.91 Å². The van der Waals surface area contributed by atoms with Crippen LogP contribution in [0.2, 0.25) is 0 Å². The zero-order valence-corrected chi connectivity index (χ0v) is 14.2. The summed E-state index contributed by atoms with van der Waals surface area (Å²) in [4.78, 5) is 27.4. The van der Waals surface area contributed by atoms with E-state index in [9.17, 15) is 4.79 Å². The smallest absolute Gasteiger partial charge is 0.272 e. The van der Waals surface area contributed by atoms with Crippen LogP contribution in [-0.4, -0.2) is 38.8 Å². The highest BCUT2D eigenvalue weighted by Gasteiger charge is 2.23. The maximum atomic E-state index is 12.7. The van der Waals surface area contributed by atoms with Gasteiger partial charge in [0.25, 0.3) is 5.91 Å². The maximum absolute atomic E-state index is 12.7. The predicted octanol–water partition coefficient (Wildman–Crippen LogP) is 2.66. The van der Waals surface area contributed by atoms with Crippen LogP contribution in [0.4, 0.5) is 5.95 Å². The van der Waals surface area contributed by atoms with Crippen molar-refractivity contribution in [2.45, 2.75) is 33.2 Å². The summed E-state index contributed by atoms with van der Waals surface area (Å²) in [6, 6.07) is 5.63. The SMILES string of the molecule is Cc1cc(C(=O)N2CCC(C)CC2)nc(NCc2cccnc2)n1. The zero-order valence-electron chi connectivity index (χ0n) is 14.2. The monoisotopic (exact) mass is 325 g/mol. The molecule has 1 aliphatic rings. The molecule has 3 rings (SSSR count). The molecule has 126 valence electrons. The van der Waals surface area contributed by atoms with Crippen LogP contribution in [0, 0.1) is 12.8 Å². The molecule has 1 saturated heterocycles.